The van der Waals surface area contributed by atoms with Crippen LogP contribution in [0.4, 0.5) is 0 Å². The molecule has 18 heavy (non-hydrogen) atoms. The van der Waals surface area contributed by atoms with Crippen LogP contribution in [0.2, 0.25) is 0 Å². The predicted molar refractivity (Wildman–Crippen MR) is 72.5 cm³/mol. The highest BCUT2D eigenvalue weighted by Gasteiger charge is 2.30. The Kier molecular flexibility index (Phi) is 3.99. The van der Waals surface area contributed by atoms with E-state index in [9.17, 15) is 5.11 Å². The molecular weight excluding hydrogens is 226 g/mol. The molecule has 4 nitrogen and oxygen atoms in total. The number of benzene rings is 1. The standard InChI is InChI=1S/C14H21N3O/c1-10-5-6-17(13(10)9-18)8-11-3-2-4-12(7-11)14(15)16/h2-4,7,10,13,18H,5-6,8-9H2,1H3,(H3,15,16). The van der Waals surface area contributed by atoms with Crippen molar-refractivity contribution in [3.05, 3.63) is 35.4 Å². The van der Waals surface area contributed by atoms with Crippen molar-refractivity contribution >= 4 is 5.84 Å². The first-order valence-corrected chi connectivity index (χ1v) is 6.40. The summed E-state index contributed by atoms with van der Waals surface area (Å²) in [5.41, 5.74) is 7.41. The van der Waals surface area contributed by atoms with Crippen molar-refractivity contribution in [3.8, 4) is 0 Å². The van der Waals surface area contributed by atoms with Gasteiger partial charge in [0, 0.05) is 18.2 Å². The van der Waals surface area contributed by atoms with E-state index in [4.69, 9.17) is 11.1 Å². The fourth-order valence-electron chi connectivity index (χ4n) is 2.65. The molecule has 0 saturated carbocycles. The van der Waals surface area contributed by atoms with Gasteiger partial charge in [-0.2, -0.15) is 0 Å². The van der Waals surface area contributed by atoms with Gasteiger partial charge in [0.05, 0.1) is 6.61 Å². The number of nitrogens with zero attached hydrogens (tertiary/aromatic N) is 1. The summed E-state index contributed by atoms with van der Waals surface area (Å²) in [6, 6.07) is 8.04. The van der Waals surface area contributed by atoms with Crippen molar-refractivity contribution in [2.24, 2.45) is 11.7 Å². The van der Waals surface area contributed by atoms with Crippen molar-refractivity contribution in [2.75, 3.05) is 13.2 Å². The second-order valence-electron chi connectivity index (χ2n) is 5.10. The highest BCUT2D eigenvalue weighted by molar-refractivity contribution is 5.95. The Morgan fingerprint density at radius 3 is 3.00 bits per heavy atom. The van der Waals surface area contributed by atoms with Crippen molar-refractivity contribution in [3.63, 3.8) is 0 Å². The van der Waals surface area contributed by atoms with Crippen LogP contribution in [0, 0.1) is 11.3 Å². The molecule has 1 heterocycles. The molecule has 1 aliphatic heterocycles. The third-order valence-corrected chi connectivity index (χ3v) is 3.81. The number of rotatable bonds is 4. The Labute approximate surface area is 108 Å². The van der Waals surface area contributed by atoms with Gasteiger partial charge in [-0.05, 0) is 30.5 Å². The zero-order chi connectivity index (χ0) is 13.1. The molecule has 1 saturated heterocycles. The molecule has 98 valence electrons. The first kappa shape index (κ1) is 13.1. The van der Waals surface area contributed by atoms with Crippen LogP contribution in [0.5, 0.6) is 0 Å². The van der Waals surface area contributed by atoms with Crippen molar-refractivity contribution in [1.82, 2.24) is 4.90 Å². The molecule has 0 aliphatic carbocycles. The second-order valence-corrected chi connectivity index (χ2v) is 5.10. The Morgan fingerprint density at radius 1 is 1.56 bits per heavy atom. The van der Waals surface area contributed by atoms with Gasteiger partial charge >= 0.3 is 0 Å². The van der Waals surface area contributed by atoms with Gasteiger partial charge in [0.2, 0.25) is 0 Å². The lowest BCUT2D eigenvalue weighted by Crippen LogP contribution is -2.34. The molecule has 1 aliphatic rings. The maximum atomic E-state index is 9.43. The average molecular weight is 247 g/mol. The molecule has 1 fully saturated rings. The summed E-state index contributed by atoms with van der Waals surface area (Å²) < 4.78 is 0. The van der Waals surface area contributed by atoms with Crippen LogP contribution < -0.4 is 5.73 Å². The normalized spacial score (nSPS) is 24.3. The number of nitrogens with two attached hydrogens (primary N) is 1. The van der Waals surface area contributed by atoms with Gasteiger partial charge in [0.15, 0.2) is 0 Å². The number of amidine groups is 1. The number of likely N-dealkylation sites (tertiary alicyclic amines) is 1. The van der Waals surface area contributed by atoms with Crippen LogP contribution >= 0.6 is 0 Å². The zero-order valence-electron chi connectivity index (χ0n) is 10.8. The zero-order valence-corrected chi connectivity index (χ0v) is 10.8. The Bertz CT molecular complexity index is 433. The molecule has 2 unspecified atom stereocenters. The first-order chi connectivity index (χ1) is 8.61. The van der Waals surface area contributed by atoms with Gasteiger partial charge in [-0.15, -0.1) is 0 Å². The summed E-state index contributed by atoms with van der Waals surface area (Å²) in [5.74, 6) is 0.649. The molecule has 1 aromatic carbocycles. The summed E-state index contributed by atoms with van der Waals surface area (Å²) in [5, 5.41) is 16.9. The number of nitrogens with one attached hydrogen (secondary N) is 1. The molecule has 0 spiro atoms. The minimum atomic E-state index is 0.102. The van der Waals surface area contributed by atoms with Gasteiger partial charge in [-0.1, -0.05) is 25.1 Å². The highest BCUT2D eigenvalue weighted by Crippen LogP contribution is 2.25. The largest absolute Gasteiger partial charge is 0.395 e. The van der Waals surface area contributed by atoms with E-state index in [1.165, 1.54) is 0 Å². The van der Waals surface area contributed by atoms with E-state index in [0.29, 0.717) is 5.92 Å². The van der Waals surface area contributed by atoms with Crippen LogP contribution in [0.15, 0.2) is 24.3 Å². The molecule has 2 rings (SSSR count). The molecule has 4 N–H and O–H groups in total. The Balaban J connectivity index is 2.09. The Morgan fingerprint density at radius 2 is 2.33 bits per heavy atom. The highest BCUT2D eigenvalue weighted by atomic mass is 16.3. The number of hydrogen-bond acceptors (Lipinski definition) is 3. The van der Waals surface area contributed by atoms with Crippen LogP contribution in [-0.4, -0.2) is 35.0 Å². The summed E-state index contributed by atoms with van der Waals surface area (Å²) in [6.07, 6.45) is 1.14. The van der Waals surface area contributed by atoms with Crippen LogP contribution in [0.3, 0.4) is 0 Å². The van der Waals surface area contributed by atoms with Crippen molar-refractivity contribution in [1.29, 1.82) is 5.41 Å². The van der Waals surface area contributed by atoms with E-state index >= 15 is 0 Å². The molecule has 0 bridgehead atoms. The number of aliphatic hydroxyl groups is 1. The van der Waals surface area contributed by atoms with E-state index in [-0.39, 0.29) is 18.5 Å². The van der Waals surface area contributed by atoms with E-state index < -0.39 is 0 Å². The minimum absolute atomic E-state index is 0.102. The van der Waals surface area contributed by atoms with Gasteiger partial charge in [-0.25, -0.2) is 0 Å². The monoisotopic (exact) mass is 247 g/mol. The second kappa shape index (κ2) is 5.50. The van der Waals surface area contributed by atoms with Crippen LogP contribution in [-0.2, 0) is 6.54 Å². The number of aliphatic hydroxyl groups excluding tert-OH is 1. The Hall–Kier alpha value is -1.39. The smallest absolute Gasteiger partial charge is 0.122 e. The summed E-state index contributed by atoms with van der Waals surface area (Å²) >= 11 is 0. The van der Waals surface area contributed by atoms with Crippen LogP contribution in [0.1, 0.15) is 24.5 Å². The summed E-state index contributed by atoms with van der Waals surface area (Å²) in [6.45, 7) is 4.24. The lowest BCUT2D eigenvalue weighted by atomic mass is 10.0. The maximum Gasteiger partial charge on any atom is 0.122 e. The molecular formula is C14H21N3O. The van der Waals surface area contributed by atoms with Crippen molar-refractivity contribution in [2.45, 2.75) is 25.9 Å². The molecule has 1 aromatic rings. The lowest BCUT2D eigenvalue weighted by Gasteiger charge is -2.25. The maximum absolute atomic E-state index is 9.43. The number of nitrogen functional groups attached to an aromatic ring is 1. The lowest BCUT2D eigenvalue weighted by molar-refractivity contribution is 0.134. The van der Waals surface area contributed by atoms with Crippen molar-refractivity contribution < 1.29 is 5.11 Å². The third kappa shape index (κ3) is 2.71. The fourth-order valence-corrected chi connectivity index (χ4v) is 2.65. The SMILES string of the molecule is CC1CCN(Cc2cccc(C(=N)N)c2)C1CO. The summed E-state index contributed by atoms with van der Waals surface area (Å²) in [4.78, 5) is 2.31. The van der Waals surface area contributed by atoms with E-state index in [1.54, 1.807) is 0 Å². The molecule has 0 amide bonds. The first-order valence-electron chi connectivity index (χ1n) is 6.40. The van der Waals surface area contributed by atoms with Gasteiger partial charge in [-0.3, -0.25) is 10.3 Å². The average Bonchev–Trinajstić information content (AvgIpc) is 2.70. The predicted octanol–water partition coefficient (Wildman–Crippen LogP) is 1.17. The minimum Gasteiger partial charge on any atom is -0.395 e. The van der Waals surface area contributed by atoms with E-state index in [1.807, 2.05) is 24.3 Å². The quantitative estimate of drug-likeness (QED) is 0.552. The summed E-state index contributed by atoms with van der Waals surface area (Å²) in [7, 11) is 0. The van der Waals surface area contributed by atoms with Gasteiger partial charge in [0.25, 0.3) is 0 Å². The number of hydrogen-bond donors (Lipinski definition) is 3. The third-order valence-electron chi connectivity index (χ3n) is 3.81. The van der Waals surface area contributed by atoms with E-state index in [0.717, 1.165) is 30.6 Å². The topological polar surface area (TPSA) is 73.3 Å². The molecule has 2 atom stereocenters. The molecule has 4 heteroatoms. The van der Waals surface area contributed by atoms with Gasteiger partial charge in [0.1, 0.15) is 5.84 Å². The molecule has 0 radical (unpaired) electrons. The fraction of sp³-hybridized carbons (Fsp3) is 0.500. The molecule has 0 aromatic heterocycles. The van der Waals surface area contributed by atoms with Gasteiger partial charge < -0.3 is 10.8 Å². The van der Waals surface area contributed by atoms with E-state index in [2.05, 4.69) is 11.8 Å². The van der Waals surface area contributed by atoms with Crippen LogP contribution in [0.25, 0.3) is 0 Å².